The number of ether oxygens (including phenoxy) is 1. The average Bonchev–Trinajstić information content (AvgIpc) is 2.38. The third-order valence-electron chi connectivity index (χ3n) is 3.06. The first-order valence-electron chi connectivity index (χ1n) is 7.75. The molecule has 2 heteroatoms. The van der Waals surface area contributed by atoms with E-state index in [-0.39, 0.29) is 5.97 Å². The zero-order valence-electron chi connectivity index (χ0n) is 14.1. The van der Waals surface area contributed by atoms with Crippen molar-refractivity contribution < 1.29 is 9.53 Å². The molecule has 0 aromatic rings. The minimum Gasteiger partial charge on any atom is -0.463 e. The van der Waals surface area contributed by atoms with Gasteiger partial charge in [-0.15, -0.1) is 6.58 Å². The quantitative estimate of drug-likeness (QED) is 0.300. The number of rotatable bonds is 10. The Labute approximate surface area is 130 Å². The van der Waals surface area contributed by atoms with E-state index in [4.69, 9.17) is 4.74 Å². The number of carbonyl (C=O) groups excluding carboxylic acids is 1. The molecule has 0 heterocycles. The Morgan fingerprint density at radius 3 is 2.33 bits per heavy atom. The number of hydrogen-bond acceptors (Lipinski definition) is 2. The molecule has 118 valence electrons. The summed E-state index contributed by atoms with van der Waals surface area (Å²) in [5.74, 6) is -0.251. The summed E-state index contributed by atoms with van der Waals surface area (Å²) in [6, 6.07) is 0. The first-order valence-corrected chi connectivity index (χ1v) is 7.75. The number of allylic oxidation sites excluding steroid dienone is 6. The van der Waals surface area contributed by atoms with E-state index in [2.05, 4.69) is 39.5 Å². The Balaban J connectivity index is 4.32. The summed E-state index contributed by atoms with van der Waals surface area (Å²) in [6.45, 7) is 12.4. The Bertz CT molecular complexity index is 407. The van der Waals surface area contributed by atoms with Crippen molar-refractivity contribution in [1.29, 1.82) is 0 Å². The maximum absolute atomic E-state index is 11.5. The van der Waals surface area contributed by atoms with E-state index >= 15 is 0 Å². The fourth-order valence-electron chi connectivity index (χ4n) is 1.96. The van der Waals surface area contributed by atoms with Crippen LogP contribution in [-0.4, -0.2) is 12.6 Å². The van der Waals surface area contributed by atoms with Crippen molar-refractivity contribution in [2.45, 2.75) is 59.8 Å². The summed E-state index contributed by atoms with van der Waals surface area (Å²) < 4.78 is 4.95. The van der Waals surface area contributed by atoms with E-state index in [1.807, 2.05) is 13.0 Å². The van der Waals surface area contributed by atoms with Crippen molar-refractivity contribution in [3.8, 4) is 0 Å². The molecular formula is C19H30O2. The van der Waals surface area contributed by atoms with Crippen LogP contribution in [0.25, 0.3) is 0 Å². The molecule has 0 amide bonds. The zero-order chi connectivity index (χ0) is 16.1. The molecule has 0 N–H and O–H groups in total. The van der Waals surface area contributed by atoms with Crippen LogP contribution >= 0.6 is 0 Å². The normalized spacial score (nSPS) is 12.0. The lowest BCUT2D eigenvalue weighted by atomic mass is 10.0. The van der Waals surface area contributed by atoms with Gasteiger partial charge in [-0.05, 0) is 59.8 Å². The predicted octanol–water partition coefficient (Wildman–Crippen LogP) is 5.52. The summed E-state index contributed by atoms with van der Waals surface area (Å²) in [7, 11) is 0. The molecule has 0 fully saturated rings. The van der Waals surface area contributed by atoms with Crippen LogP contribution in [-0.2, 0) is 9.53 Å². The molecule has 21 heavy (non-hydrogen) atoms. The van der Waals surface area contributed by atoms with Crippen LogP contribution in [0.4, 0.5) is 0 Å². The van der Waals surface area contributed by atoms with Gasteiger partial charge in [0.15, 0.2) is 0 Å². The second-order valence-corrected chi connectivity index (χ2v) is 5.46. The number of esters is 1. The van der Waals surface area contributed by atoms with Crippen LogP contribution < -0.4 is 0 Å². The molecule has 0 unspecified atom stereocenters. The van der Waals surface area contributed by atoms with Crippen LogP contribution in [0.5, 0.6) is 0 Å². The van der Waals surface area contributed by atoms with Crippen LogP contribution in [0.2, 0.25) is 0 Å². The fraction of sp³-hybridized carbons (Fsp3) is 0.526. The second kappa shape index (κ2) is 12.2. The third kappa shape index (κ3) is 11.9. The van der Waals surface area contributed by atoms with Gasteiger partial charge < -0.3 is 4.74 Å². The SMILES string of the molecule is C=CC/C(=C\C(=O)OCC)CC/C=C(\C)CCC=C(C)C. The fourth-order valence-corrected chi connectivity index (χ4v) is 1.96. The highest BCUT2D eigenvalue weighted by Crippen LogP contribution is 2.14. The smallest absolute Gasteiger partial charge is 0.330 e. The molecule has 0 aromatic carbocycles. The minimum atomic E-state index is -0.251. The maximum Gasteiger partial charge on any atom is 0.330 e. The molecule has 0 atom stereocenters. The standard InChI is InChI=1S/C19H30O2/c1-6-10-18(15-19(20)21-7-2)14-9-13-17(5)12-8-11-16(3)4/h6,11,13,15H,1,7-10,12,14H2,2-5H3/b17-13+,18-15+. The van der Waals surface area contributed by atoms with E-state index in [9.17, 15) is 4.79 Å². The van der Waals surface area contributed by atoms with E-state index in [1.165, 1.54) is 11.1 Å². The lowest BCUT2D eigenvalue weighted by Gasteiger charge is -2.04. The van der Waals surface area contributed by atoms with Crippen LogP contribution in [0, 0.1) is 0 Å². The zero-order valence-corrected chi connectivity index (χ0v) is 14.1. The Kier molecular flexibility index (Phi) is 11.3. The lowest BCUT2D eigenvalue weighted by molar-refractivity contribution is -0.137. The molecule has 0 aliphatic rings. The van der Waals surface area contributed by atoms with Crippen molar-refractivity contribution in [2.24, 2.45) is 0 Å². The number of carbonyl (C=O) groups is 1. The van der Waals surface area contributed by atoms with Crippen molar-refractivity contribution in [1.82, 2.24) is 0 Å². The van der Waals surface area contributed by atoms with Gasteiger partial charge >= 0.3 is 5.97 Å². The summed E-state index contributed by atoms with van der Waals surface area (Å²) in [4.78, 5) is 11.5. The van der Waals surface area contributed by atoms with E-state index in [0.29, 0.717) is 6.61 Å². The number of hydrogen-bond donors (Lipinski definition) is 0. The molecule has 0 bridgehead atoms. The van der Waals surface area contributed by atoms with Gasteiger partial charge in [-0.3, -0.25) is 0 Å². The van der Waals surface area contributed by atoms with Gasteiger partial charge in [0.1, 0.15) is 0 Å². The van der Waals surface area contributed by atoms with E-state index in [0.717, 1.165) is 37.7 Å². The monoisotopic (exact) mass is 290 g/mol. The van der Waals surface area contributed by atoms with Gasteiger partial charge in [0, 0.05) is 6.08 Å². The molecule has 0 saturated carbocycles. The van der Waals surface area contributed by atoms with Crippen LogP contribution in [0.15, 0.2) is 47.6 Å². The summed E-state index contributed by atoms with van der Waals surface area (Å²) in [6.07, 6.45) is 12.7. The van der Waals surface area contributed by atoms with Crippen LogP contribution in [0.1, 0.15) is 59.8 Å². The van der Waals surface area contributed by atoms with Gasteiger partial charge in [0.05, 0.1) is 6.61 Å². The topological polar surface area (TPSA) is 26.3 Å². The first-order chi connectivity index (χ1) is 9.99. The Morgan fingerprint density at radius 2 is 1.76 bits per heavy atom. The molecule has 0 rings (SSSR count). The van der Waals surface area contributed by atoms with Gasteiger partial charge in [0.2, 0.25) is 0 Å². The molecule has 0 spiro atoms. The highest BCUT2D eigenvalue weighted by molar-refractivity contribution is 5.82. The van der Waals surface area contributed by atoms with Crippen molar-refractivity contribution >= 4 is 5.97 Å². The van der Waals surface area contributed by atoms with E-state index in [1.54, 1.807) is 6.08 Å². The van der Waals surface area contributed by atoms with Crippen LogP contribution in [0.3, 0.4) is 0 Å². The largest absolute Gasteiger partial charge is 0.463 e. The molecule has 0 saturated heterocycles. The van der Waals surface area contributed by atoms with Gasteiger partial charge in [-0.1, -0.05) is 34.9 Å². The minimum absolute atomic E-state index is 0.251. The van der Waals surface area contributed by atoms with Gasteiger partial charge in [-0.25, -0.2) is 4.79 Å². The second-order valence-electron chi connectivity index (χ2n) is 5.46. The average molecular weight is 290 g/mol. The summed E-state index contributed by atoms with van der Waals surface area (Å²) in [5, 5.41) is 0. The molecule has 0 aliphatic heterocycles. The van der Waals surface area contributed by atoms with Gasteiger partial charge in [-0.2, -0.15) is 0 Å². The highest BCUT2D eigenvalue weighted by atomic mass is 16.5. The van der Waals surface area contributed by atoms with E-state index < -0.39 is 0 Å². The molecule has 0 aliphatic carbocycles. The Hall–Kier alpha value is -1.57. The maximum atomic E-state index is 11.5. The molecule has 0 radical (unpaired) electrons. The molecular weight excluding hydrogens is 260 g/mol. The molecule has 0 aromatic heterocycles. The van der Waals surface area contributed by atoms with Crippen molar-refractivity contribution in [3.05, 3.63) is 47.6 Å². The Morgan fingerprint density at radius 1 is 1.10 bits per heavy atom. The summed E-state index contributed by atoms with van der Waals surface area (Å²) in [5.41, 5.74) is 3.85. The van der Waals surface area contributed by atoms with Gasteiger partial charge in [0.25, 0.3) is 0 Å². The predicted molar refractivity (Wildman–Crippen MR) is 91.2 cm³/mol. The van der Waals surface area contributed by atoms with Crippen molar-refractivity contribution in [2.75, 3.05) is 6.61 Å². The summed E-state index contributed by atoms with van der Waals surface area (Å²) >= 11 is 0. The van der Waals surface area contributed by atoms with Crippen molar-refractivity contribution in [3.63, 3.8) is 0 Å². The lowest BCUT2D eigenvalue weighted by Crippen LogP contribution is -2.01. The first kappa shape index (κ1) is 19.4. The third-order valence-corrected chi connectivity index (χ3v) is 3.06. The highest BCUT2D eigenvalue weighted by Gasteiger charge is 2.01. The molecule has 2 nitrogen and oxygen atoms in total.